The summed E-state index contributed by atoms with van der Waals surface area (Å²) in [5.74, 6) is -0.0542. The Morgan fingerprint density at radius 1 is 1.17 bits per heavy atom. The number of benzene rings is 1. The highest BCUT2D eigenvalue weighted by Crippen LogP contribution is 2.23. The van der Waals surface area contributed by atoms with Gasteiger partial charge in [0.2, 0.25) is 15.9 Å². The molecule has 3 rings (SSSR count). The summed E-state index contributed by atoms with van der Waals surface area (Å²) in [7, 11) is -3.57. The number of carbonyl (C=O) groups is 1. The van der Waals surface area contributed by atoms with Crippen molar-refractivity contribution in [2.45, 2.75) is 62.2 Å². The van der Waals surface area contributed by atoms with Crippen LogP contribution in [-0.4, -0.2) is 64.0 Å². The number of sulfonamides is 1. The van der Waals surface area contributed by atoms with Gasteiger partial charge in [0.15, 0.2) is 0 Å². The molecule has 3 atom stereocenters. The summed E-state index contributed by atoms with van der Waals surface area (Å²) >= 11 is 0. The molecule has 0 aliphatic carbocycles. The summed E-state index contributed by atoms with van der Waals surface area (Å²) in [6.07, 6.45) is 2.66. The van der Waals surface area contributed by atoms with Gasteiger partial charge in [-0.25, -0.2) is 13.1 Å². The van der Waals surface area contributed by atoms with Gasteiger partial charge in [-0.2, -0.15) is 0 Å². The van der Waals surface area contributed by atoms with Gasteiger partial charge in [0, 0.05) is 25.7 Å². The molecule has 0 unspecified atom stereocenters. The van der Waals surface area contributed by atoms with Crippen molar-refractivity contribution in [1.29, 1.82) is 0 Å². The maximum Gasteiger partial charge on any atom is 0.240 e. The second-order valence-corrected chi connectivity index (χ2v) is 9.75. The van der Waals surface area contributed by atoms with Crippen LogP contribution in [0.2, 0.25) is 0 Å². The second-order valence-electron chi connectivity index (χ2n) is 8.01. The number of carbonyl (C=O) groups excluding carboxylic acids is 1. The summed E-state index contributed by atoms with van der Waals surface area (Å²) in [6.45, 7) is 3.02. The van der Waals surface area contributed by atoms with Gasteiger partial charge in [0.1, 0.15) is 6.10 Å². The summed E-state index contributed by atoms with van der Waals surface area (Å²) in [5.41, 5.74) is 0.697. The van der Waals surface area contributed by atoms with Gasteiger partial charge in [0.25, 0.3) is 0 Å². The predicted molar refractivity (Wildman–Crippen MR) is 111 cm³/mol. The molecule has 9 heteroatoms. The molecular formula is C21H32N2O6S. The zero-order valence-electron chi connectivity index (χ0n) is 17.4. The third-order valence-electron chi connectivity index (χ3n) is 5.86. The Kier molecular flexibility index (Phi) is 8.24. The smallest absolute Gasteiger partial charge is 0.240 e. The first kappa shape index (κ1) is 23.1. The van der Waals surface area contributed by atoms with Crippen LogP contribution >= 0.6 is 0 Å². The average molecular weight is 441 g/mol. The van der Waals surface area contributed by atoms with Crippen LogP contribution in [0, 0.1) is 12.8 Å². The molecule has 1 amide bonds. The maximum atomic E-state index is 12.5. The number of rotatable bonds is 8. The van der Waals surface area contributed by atoms with E-state index in [1.807, 2.05) is 0 Å². The largest absolute Gasteiger partial charge is 0.394 e. The molecule has 2 fully saturated rings. The van der Waals surface area contributed by atoms with Gasteiger partial charge in [-0.05, 0) is 50.7 Å². The molecule has 8 nitrogen and oxygen atoms in total. The van der Waals surface area contributed by atoms with E-state index in [-0.39, 0.29) is 42.0 Å². The van der Waals surface area contributed by atoms with Gasteiger partial charge in [0.05, 0.1) is 23.6 Å². The minimum absolute atomic E-state index is 0.00482. The lowest BCUT2D eigenvalue weighted by atomic mass is 9.94. The van der Waals surface area contributed by atoms with Crippen LogP contribution in [-0.2, 0) is 24.3 Å². The zero-order valence-corrected chi connectivity index (χ0v) is 18.2. The molecular weight excluding hydrogens is 408 g/mol. The summed E-state index contributed by atoms with van der Waals surface area (Å²) in [5, 5.41) is 12.8. The summed E-state index contributed by atoms with van der Waals surface area (Å²) in [6, 6.07) is 6.62. The minimum Gasteiger partial charge on any atom is -0.394 e. The van der Waals surface area contributed by atoms with Gasteiger partial charge in [-0.3, -0.25) is 4.79 Å². The van der Waals surface area contributed by atoms with E-state index in [1.165, 1.54) is 0 Å². The first-order valence-corrected chi connectivity index (χ1v) is 12.1. The number of hydrogen-bond acceptors (Lipinski definition) is 6. The Balaban J connectivity index is 1.47. The number of nitrogens with one attached hydrogen (secondary N) is 2. The Hall–Kier alpha value is -1.52. The van der Waals surface area contributed by atoms with Gasteiger partial charge < -0.3 is 19.9 Å². The molecule has 0 radical (unpaired) electrons. The average Bonchev–Trinajstić information content (AvgIpc) is 2.75. The fourth-order valence-corrected chi connectivity index (χ4v) is 5.35. The third kappa shape index (κ3) is 6.01. The van der Waals surface area contributed by atoms with Crippen molar-refractivity contribution in [2.24, 2.45) is 5.92 Å². The SMILES string of the molecule is Cc1ccccc1S(=O)(=O)NCC[C@@H]1CC[C@H](NC(=O)C2CCOCC2)[C@@H](CO)O1. The highest BCUT2D eigenvalue weighted by molar-refractivity contribution is 7.89. The Bertz CT molecular complexity index is 809. The molecule has 0 saturated carbocycles. The highest BCUT2D eigenvalue weighted by atomic mass is 32.2. The highest BCUT2D eigenvalue weighted by Gasteiger charge is 2.33. The molecule has 30 heavy (non-hydrogen) atoms. The monoisotopic (exact) mass is 440 g/mol. The van der Waals surface area contributed by atoms with Crippen LogP contribution in [0.15, 0.2) is 29.2 Å². The molecule has 2 heterocycles. The van der Waals surface area contributed by atoms with Crippen molar-refractivity contribution in [3.8, 4) is 0 Å². The summed E-state index contributed by atoms with van der Waals surface area (Å²) in [4.78, 5) is 12.7. The van der Waals surface area contributed by atoms with E-state index < -0.39 is 16.1 Å². The van der Waals surface area contributed by atoms with Crippen LogP contribution in [0.5, 0.6) is 0 Å². The normalized spacial score (nSPS) is 25.7. The van der Waals surface area contributed by atoms with Gasteiger partial charge >= 0.3 is 0 Å². The van der Waals surface area contributed by atoms with Gasteiger partial charge in [-0.1, -0.05) is 18.2 Å². The minimum atomic E-state index is -3.57. The van der Waals surface area contributed by atoms with Gasteiger partial charge in [-0.15, -0.1) is 0 Å². The lowest BCUT2D eigenvalue weighted by Crippen LogP contribution is -2.52. The Morgan fingerprint density at radius 2 is 1.90 bits per heavy atom. The number of aliphatic hydroxyl groups is 1. The van der Waals surface area contributed by atoms with Crippen molar-refractivity contribution in [2.75, 3.05) is 26.4 Å². The lowest BCUT2D eigenvalue weighted by molar-refractivity contribution is -0.134. The fourth-order valence-electron chi connectivity index (χ4n) is 4.06. The van der Waals surface area contributed by atoms with Crippen molar-refractivity contribution in [1.82, 2.24) is 10.0 Å². The Labute approximate surface area is 178 Å². The van der Waals surface area contributed by atoms with Crippen LogP contribution < -0.4 is 10.0 Å². The molecule has 168 valence electrons. The van der Waals surface area contributed by atoms with E-state index in [9.17, 15) is 18.3 Å². The molecule has 1 aromatic carbocycles. The van der Waals surface area contributed by atoms with E-state index in [4.69, 9.17) is 9.47 Å². The maximum absolute atomic E-state index is 12.5. The van der Waals surface area contributed by atoms with E-state index in [2.05, 4.69) is 10.0 Å². The van der Waals surface area contributed by atoms with E-state index in [0.717, 1.165) is 0 Å². The van der Waals surface area contributed by atoms with Crippen LogP contribution in [0.1, 0.15) is 37.7 Å². The topological polar surface area (TPSA) is 114 Å². The first-order valence-electron chi connectivity index (χ1n) is 10.6. The number of amides is 1. The van der Waals surface area contributed by atoms with E-state index >= 15 is 0 Å². The van der Waals surface area contributed by atoms with E-state index in [1.54, 1.807) is 31.2 Å². The zero-order chi connectivity index (χ0) is 21.6. The molecule has 0 aromatic heterocycles. The molecule has 2 aliphatic rings. The van der Waals surface area contributed by atoms with Crippen molar-refractivity contribution in [3.63, 3.8) is 0 Å². The number of hydrogen-bond donors (Lipinski definition) is 3. The number of aryl methyl sites for hydroxylation is 1. The predicted octanol–water partition coefficient (Wildman–Crippen LogP) is 1.11. The molecule has 0 spiro atoms. The van der Waals surface area contributed by atoms with Crippen molar-refractivity contribution < 1.29 is 27.8 Å². The fraction of sp³-hybridized carbons (Fsp3) is 0.667. The molecule has 1 aromatic rings. The second kappa shape index (κ2) is 10.7. The summed E-state index contributed by atoms with van der Waals surface area (Å²) < 4.78 is 38.9. The van der Waals surface area contributed by atoms with E-state index in [0.29, 0.717) is 50.9 Å². The standard InChI is InChI=1S/C21H32N2O6S/c1-15-4-2-3-5-20(15)30(26,27)22-11-8-17-6-7-18(19(14-24)29-17)23-21(25)16-9-12-28-13-10-16/h2-5,16-19,22,24H,6-14H2,1H3,(H,23,25)/t17-,18-,19+/m0/s1. The van der Waals surface area contributed by atoms with Crippen molar-refractivity contribution in [3.05, 3.63) is 29.8 Å². The quantitative estimate of drug-likeness (QED) is 0.558. The lowest BCUT2D eigenvalue weighted by Gasteiger charge is -2.37. The Morgan fingerprint density at radius 3 is 2.60 bits per heavy atom. The first-order chi connectivity index (χ1) is 14.4. The van der Waals surface area contributed by atoms with Crippen LogP contribution in [0.4, 0.5) is 0 Å². The van der Waals surface area contributed by atoms with Crippen LogP contribution in [0.3, 0.4) is 0 Å². The number of aliphatic hydroxyl groups excluding tert-OH is 1. The van der Waals surface area contributed by atoms with Crippen molar-refractivity contribution >= 4 is 15.9 Å². The number of ether oxygens (including phenoxy) is 2. The molecule has 2 saturated heterocycles. The third-order valence-corrected chi connectivity index (χ3v) is 7.48. The molecule has 0 bridgehead atoms. The molecule has 2 aliphatic heterocycles. The van der Waals surface area contributed by atoms with Crippen LogP contribution in [0.25, 0.3) is 0 Å². The molecule has 3 N–H and O–H groups in total.